The summed E-state index contributed by atoms with van der Waals surface area (Å²) in [4.78, 5) is 2.70. The molecule has 2 heteroatoms. The largest absolute Gasteiger partial charge is 0.316 e. The zero-order chi connectivity index (χ0) is 13.1. The summed E-state index contributed by atoms with van der Waals surface area (Å²) < 4.78 is 0. The van der Waals surface area contributed by atoms with Gasteiger partial charge in [0.25, 0.3) is 0 Å². The van der Waals surface area contributed by atoms with Gasteiger partial charge in [-0.05, 0) is 37.1 Å². The van der Waals surface area contributed by atoms with Gasteiger partial charge in [-0.15, -0.1) is 0 Å². The molecular formula is C15H32N2. The molecule has 3 atom stereocenters. The van der Waals surface area contributed by atoms with Crippen molar-refractivity contribution in [1.82, 2.24) is 10.2 Å². The SMILES string of the molecule is CCNCC(C)(C)CN1CC(C)CC(C)C1C. The third kappa shape index (κ3) is 4.59. The van der Waals surface area contributed by atoms with Crippen LogP contribution in [0.4, 0.5) is 0 Å². The van der Waals surface area contributed by atoms with Gasteiger partial charge in [0.05, 0.1) is 0 Å². The minimum absolute atomic E-state index is 0.376. The standard InChI is InChI=1S/C15H32N2/c1-7-16-10-15(5,6)11-17-9-12(2)8-13(3)14(17)4/h12-14,16H,7-11H2,1-6H3. The number of piperidine rings is 1. The summed E-state index contributed by atoms with van der Waals surface area (Å²) in [5.41, 5.74) is 0.376. The van der Waals surface area contributed by atoms with Crippen LogP contribution in [0.25, 0.3) is 0 Å². The van der Waals surface area contributed by atoms with Crippen molar-refractivity contribution in [2.24, 2.45) is 17.3 Å². The molecule has 1 aliphatic rings. The monoisotopic (exact) mass is 240 g/mol. The molecule has 0 spiro atoms. The number of nitrogens with zero attached hydrogens (tertiary/aromatic N) is 1. The summed E-state index contributed by atoms with van der Waals surface area (Å²) in [5.74, 6) is 1.70. The van der Waals surface area contributed by atoms with Gasteiger partial charge in [0.1, 0.15) is 0 Å². The highest BCUT2D eigenvalue weighted by molar-refractivity contribution is 4.86. The Bertz CT molecular complexity index is 225. The molecule has 102 valence electrons. The van der Waals surface area contributed by atoms with E-state index in [1.165, 1.54) is 19.5 Å². The van der Waals surface area contributed by atoms with Crippen LogP contribution in [0.1, 0.15) is 48.0 Å². The van der Waals surface area contributed by atoms with Crippen molar-refractivity contribution in [1.29, 1.82) is 0 Å². The third-order valence-corrected chi connectivity index (χ3v) is 4.20. The Kier molecular flexibility index (Phi) is 5.46. The van der Waals surface area contributed by atoms with Crippen LogP contribution < -0.4 is 5.32 Å². The van der Waals surface area contributed by atoms with E-state index in [1.807, 2.05) is 0 Å². The lowest BCUT2D eigenvalue weighted by Gasteiger charge is -2.44. The van der Waals surface area contributed by atoms with E-state index in [4.69, 9.17) is 0 Å². The quantitative estimate of drug-likeness (QED) is 0.795. The Hall–Kier alpha value is -0.0800. The van der Waals surface area contributed by atoms with Crippen molar-refractivity contribution in [3.05, 3.63) is 0 Å². The molecule has 0 aliphatic carbocycles. The second kappa shape index (κ2) is 6.19. The van der Waals surface area contributed by atoms with Crippen LogP contribution in [0.15, 0.2) is 0 Å². The summed E-state index contributed by atoms with van der Waals surface area (Å²) >= 11 is 0. The fourth-order valence-corrected chi connectivity index (χ4v) is 3.11. The van der Waals surface area contributed by atoms with Gasteiger partial charge in [-0.2, -0.15) is 0 Å². The molecule has 1 N–H and O–H groups in total. The van der Waals surface area contributed by atoms with Crippen molar-refractivity contribution in [3.63, 3.8) is 0 Å². The van der Waals surface area contributed by atoms with Crippen molar-refractivity contribution in [3.8, 4) is 0 Å². The van der Waals surface area contributed by atoms with Gasteiger partial charge in [0.15, 0.2) is 0 Å². The highest BCUT2D eigenvalue weighted by Gasteiger charge is 2.32. The molecule has 1 aliphatic heterocycles. The molecule has 0 amide bonds. The Morgan fingerprint density at radius 3 is 2.47 bits per heavy atom. The van der Waals surface area contributed by atoms with E-state index in [0.29, 0.717) is 5.41 Å². The van der Waals surface area contributed by atoms with Crippen molar-refractivity contribution >= 4 is 0 Å². The predicted octanol–water partition coefficient (Wildman–Crippen LogP) is 2.99. The maximum atomic E-state index is 3.49. The third-order valence-electron chi connectivity index (χ3n) is 4.20. The maximum absolute atomic E-state index is 3.49. The van der Waals surface area contributed by atoms with Crippen LogP contribution in [0.3, 0.4) is 0 Å². The molecule has 0 bridgehead atoms. The highest BCUT2D eigenvalue weighted by Crippen LogP contribution is 2.29. The first-order valence-corrected chi connectivity index (χ1v) is 7.30. The summed E-state index contributed by atoms with van der Waals surface area (Å²) in [7, 11) is 0. The van der Waals surface area contributed by atoms with Gasteiger partial charge in [-0.1, -0.05) is 34.6 Å². The molecule has 17 heavy (non-hydrogen) atoms. The number of hydrogen-bond acceptors (Lipinski definition) is 2. The predicted molar refractivity (Wildman–Crippen MR) is 76.3 cm³/mol. The number of rotatable bonds is 5. The highest BCUT2D eigenvalue weighted by atomic mass is 15.2. The van der Waals surface area contributed by atoms with Gasteiger partial charge < -0.3 is 5.32 Å². The first-order valence-electron chi connectivity index (χ1n) is 7.30. The topological polar surface area (TPSA) is 15.3 Å². The van der Waals surface area contributed by atoms with Crippen LogP contribution >= 0.6 is 0 Å². The lowest BCUT2D eigenvalue weighted by molar-refractivity contribution is 0.0462. The van der Waals surface area contributed by atoms with E-state index < -0.39 is 0 Å². The van der Waals surface area contributed by atoms with Crippen molar-refractivity contribution < 1.29 is 0 Å². The van der Waals surface area contributed by atoms with E-state index in [0.717, 1.165) is 31.0 Å². The van der Waals surface area contributed by atoms with Crippen LogP contribution in [0.2, 0.25) is 0 Å². The second-order valence-electron chi connectivity index (χ2n) is 6.93. The number of hydrogen-bond donors (Lipinski definition) is 1. The molecule has 1 heterocycles. The van der Waals surface area contributed by atoms with E-state index >= 15 is 0 Å². The summed E-state index contributed by atoms with van der Waals surface area (Å²) in [5, 5.41) is 3.49. The molecule has 0 saturated carbocycles. The Morgan fingerprint density at radius 1 is 1.24 bits per heavy atom. The minimum atomic E-state index is 0.376. The fraction of sp³-hybridized carbons (Fsp3) is 1.00. The average molecular weight is 240 g/mol. The van der Waals surface area contributed by atoms with Crippen molar-refractivity contribution in [2.45, 2.75) is 54.0 Å². The van der Waals surface area contributed by atoms with Gasteiger partial charge >= 0.3 is 0 Å². The minimum Gasteiger partial charge on any atom is -0.316 e. The molecule has 3 unspecified atom stereocenters. The molecule has 0 aromatic rings. The van der Waals surface area contributed by atoms with E-state index in [-0.39, 0.29) is 0 Å². The number of likely N-dealkylation sites (tertiary alicyclic amines) is 1. The lowest BCUT2D eigenvalue weighted by atomic mass is 9.83. The van der Waals surface area contributed by atoms with Crippen LogP contribution in [-0.2, 0) is 0 Å². The fourth-order valence-electron chi connectivity index (χ4n) is 3.11. The van der Waals surface area contributed by atoms with Crippen LogP contribution in [-0.4, -0.2) is 37.1 Å². The molecule has 1 rings (SSSR count). The van der Waals surface area contributed by atoms with E-state index in [1.54, 1.807) is 0 Å². The molecule has 1 saturated heterocycles. The van der Waals surface area contributed by atoms with E-state index in [2.05, 4.69) is 51.8 Å². The molecule has 2 nitrogen and oxygen atoms in total. The Labute approximate surface area is 108 Å². The van der Waals surface area contributed by atoms with Crippen LogP contribution in [0.5, 0.6) is 0 Å². The summed E-state index contributed by atoms with van der Waals surface area (Å²) in [6.07, 6.45) is 1.39. The smallest absolute Gasteiger partial charge is 0.00930 e. The number of nitrogens with one attached hydrogen (secondary N) is 1. The second-order valence-corrected chi connectivity index (χ2v) is 6.93. The average Bonchev–Trinajstić information content (AvgIpc) is 2.22. The lowest BCUT2D eigenvalue weighted by Crippen LogP contribution is -2.50. The maximum Gasteiger partial charge on any atom is 0.00930 e. The van der Waals surface area contributed by atoms with Crippen LogP contribution in [0, 0.1) is 17.3 Å². The first kappa shape index (κ1) is 15.0. The molecule has 0 radical (unpaired) electrons. The van der Waals surface area contributed by atoms with Crippen molar-refractivity contribution in [2.75, 3.05) is 26.2 Å². The van der Waals surface area contributed by atoms with Gasteiger partial charge in [-0.3, -0.25) is 4.90 Å². The molecular weight excluding hydrogens is 208 g/mol. The van der Waals surface area contributed by atoms with Gasteiger partial charge in [0.2, 0.25) is 0 Å². The first-order chi connectivity index (χ1) is 7.85. The summed E-state index contributed by atoms with van der Waals surface area (Å²) in [6, 6.07) is 0.743. The van der Waals surface area contributed by atoms with Gasteiger partial charge in [-0.25, -0.2) is 0 Å². The van der Waals surface area contributed by atoms with E-state index in [9.17, 15) is 0 Å². The molecule has 0 aromatic heterocycles. The zero-order valence-electron chi connectivity index (χ0n) is 12.7. The normalized spacial score (nSPS) is 31.8. The molecule has 0 aromatic carbocycles. The Balaban J connectivity index is 2.53. The summed E-state index contributed by atoms with van der Waals surface area (Å²) in [6.45, 7) is 18.8. The molecule has 1 fully saturated rings. The van der Waals surface area contributed by atoms with Gasteiger partial charge in [0, 0.05) is 25.7 Å². The Morgan fingerprint density at radius 2 is 1.88 bits per heavy atom. The zero-order valence-corrected chi connectivity index (χ0v) is 12.7.